The monoisotopic (exact) mass is 359 g/mol. The average Bonchev–Trinajstić information content (AvgIpc) is 2.65. The van der Waals surface area contributed by atoms with Gasteiger partial charge in [-0.05, 0) is 31.2 Å². The number of unbranched alkanes of at least 4 members (excludes halogenated alkanes) is 3. The highest BCUT2D eigenvalue weighted by molar-refractivity contribution is 5.79. The number of carbonyl (C=O) groups excluding carboxylic acids is 1. The number of methoxy groups -OCH3 is 1. The largest absolute Gasteiger partial charge is 0.469 e. The molecule has 1 aliphatic carbocycles. The quantitative estimate of drug-likeness (QED) is 0.291. The number of esters is 1. The number of hydrogen-bond donors (Lipinski definition) is 2. The molecule has 5 heteroatoms. The molecule has 1 fully saturated rings. The first-order chi connectivity index (χ1) is 12.7. The number of nitrogens with one attached hydrogen (secondary N) is 2. The number of carbonyl (C=O) groups is 1. The number of guanidine groups is 1. The van der Waals surface area contributed by atoms with Gasteiger partial charge in [0.25, 0.3) is 0 Å². The molecule has 1 aromatic carbocycles. The number of nitrogens with zero attached hydrogens (tertiary/aromatic N) is 1. The summed E-state index contributed by atoms with van der Waals surface area (Å²) >= 11 is 0. The first-order valence-corrected chi connectivity index (χ1v) is 9.77. The predicted molar refractivity (Wildman–Crippen MR) is 106 cm³/mol. The molecule has 0 unspecified atom stereocenters. The molecular formula is C21H33N3O2. The molecular weight excluding hydrogens is 326 g/mol. The van der Waals surface area contributed by atoms with E-state index in [-0.39, 0.29) is 11.4 Å². The summed E-state index contributed by atoms with van der Waals surface area (Å²) in [6, 6.07) is 10.8. The van der Waals surface area contributed by atoms with Crippen molar-refractivity contribution in [2.24, 2.45) is 4.99 Å². The van der Waals surface area contributed by atoms with Crippen LogP contribution in [0.3, 0.4) is 0 Å². The van der Waals surface area contributed by atoms with E-state index in [9.17, 15) is 4.79 Å². The topological polar surface area (TPSA) is 62.7 Å². The highest BCUT2D eigenvalue weighted by Gasteiger charge is 2.38. The van der Waals surface area contributed by atoms with Gasteiger partial charge in [0.1, 0.15) is 0 Å². The molecule has 1 aliphatic rings. The fourth-order valence-corrected chi connectivity index (χ4v) is 3.49. The lowest BCUT2D eigenvalue weighted by Gasteiger charge is -2.43. The zero-order valence-corrected chi connectivity index (χ0v) is 16.2. The van der Waals surface area contributed by atoms with Crippen molar-refractivity contribution in [2.75, 3.05) is 27.2 Å². The van der Waals surface area contributed by atoms with Gasteiger partial charge < -0.3 is 15.4 Å². The van der Waals surface area contributed by atoms with Crippen LogP contribution >= 0.6 is 0 Å². The SMILES string of the molecule is CN=C(NCCCCCCC(=O)OC)NCC1(c2ccccc2)CCC1. The Morgan fingerprint density at radius 1 is 1.12 bits per heavy atom. The second kappa shape index (κ2) is 10.8. The summed E-state index contributed by atoms with van der Waals surface area (Å²) in [5.41, 5.74) is 1.69. The van der Waals surface area contributed by atoms with Crippen LogP contribution in [0.1, 0.15) is 56.9 Å². The molecule has 1 saturated carbocycles. The minimum Gasteiger partial charge on any atom is -0.469 e. The molecule has 26 heavy (non-hydrogen) atoms. The number of benzene rings is 1. The molecule has 0 atom stereocenters. The second-order valence-corrected chi connectivity index (χ2v) is 7.09. The molecule has 0 heterocycles. The van der Waals surface area contributed by atoms with Crippen LogP contribution < -0.4 is 10.6 Å². The van der Waals surface area contributed by atoms with Gasteiger partial charge in [-0.3, -0.25) is 9.79 Å². The lowest BCUT2D eigenvalue weighted by atomic mass is 9.64. The molecule has 5 nitrogen and oxygen atoms in total. The molecule has 0 aromatic heterocycles. The van der Waals surface area contributed by atoms with Crippen molar-refractivity contribution in [1.29, 1.82) is 0 Å². The van der Waals surface area contributed by atoms with E-state index in [1.165, 1.54) is 31.9 Å². The van der Waals surface area contributed by atoms with E-state index in [4.69, 9.17) is 0 Å². The Balaban J connectivity index is 1.64. The summed E-state index contributed by atoms with van der Waals surface area (Å²) in [5, 5.41) is 6.91. The van der Waals surface area contributed by atoms with Crippen molar-refractivity contribution in [3.05, 3.63) is 35.9 Å². The van der Waals surface area contributed by atoms with Crippen molar-refractivity contribution in [1.82, 2.24) is 10.6 Å². The second-order valence-electron chi connectivity index (χ2n) is 7.09. The lowest BCUT2D eigenvalue weighted by Crippen LogP contribution is -2.49. The van der Waals surface area contributed by atoms with Crippen LogP contribution in [0.25, 0.3) is 0 Å². The Bertz CT molecular complexity index is 568. The maximum Gasteiger partial charge on any atom is 0.305 e. The Hall–Kier alpha value is -2.04. The van der Waals surface area contributed by atoms with Gasteiger partial charge in [0.15, 0.2) is 5.96 Å². The van der Waals surface area contributed by atoms with Gasteiger partial charge in [0.2, 0.25) is 0 Å². The minimum absolute atomic E-state index is 0.115. The van der Waals surface area contributed by atoms with Crippen LogP contribution in [-0.2, 0) is 14.9 Å². The van der Waals surface area contributed by atoms with Gasteiger partial charge in [0, 0.05) is 32.0 Å². The zero-order valence-electron chi connectivity index (χ0n) is 16.2. The molecule has 0 aliphatic heterocycles. The maximum absolute atomic E-state index is 11.1. The van der Waals surface area contributed by atoms with Crippen molar-refractivity contribution in [3.8, 4) is 0 Å². The summed E-state index contributed by atoms with van der Waals surface area (Å²) < 4.78 is 4.65. The summed E-state index contributed by atoms with van der Waals surface area (Å²) in [4.78, 5) is 15.4. The van der Waals surface area contributed by atoms with Crippen LogP contribution in [0, 0.1) is 0 Å². The Labute approximate surface area is 157 Å². The molecule has 2 N–H and O–H groups in total. The van der Waals surface area contributed by atoms with Gasteiger partial charge >= 0.3 is 5.97 Å². The number of rotatable bonds is 10. The third-order valence-electron chi connectivity index (χ3n) is 5.34. The van der Waals surface area contributed by atoms with E-state index in [1.54, 1.807) is 0 Å². The Morgan fingerprint density at radius 2 is 1.85 bits per heavy atom. The van der Waals surface area contributed by atoms with E-state index in [2.05, 4.69) is 50.7 Å². The molecule has 1 aromatic rings. The first-order valence-electron chi connectivity index (χ1n) is 9.77. The zero-order chi connectivity index (χ0) is 18.7. The fraction of sp³-hybridized carbons (Fsp3) is 0.619. The Morgan fingerprint density at radius 3 is 2.46 bits per heavy atom. The number of aliphatic imine (C=N–C) groups is 1. The standard InChI is InChI=1S/C21H33N3O2/c1-22-20(23-16-9-4-3-8-13-19(25)26-2)24-17-21(14-10-15-21)18-11-6-5-7-12-18/h5-7,11-12H,3-4,8-10,13-17H2,1-2H3,(H2,22,23,24). The third-order valence-corrected chi connectivity index (χ3v) is 5.34. The molecule has 2 rings (SSSR count). The summed E-state index contributed by atoms with van der Waals surface area (Å²) in [6.45, 7) is 1.83. The summed E-state index contributed by atoms with van der Waals surface area (Å²) in [7, 11) is 3.26. The van der Waals surface area contributed by atoms with Crippen molar-refractivity contribution in [2.45, 2.75) is 56.8 Å². The number of ether oxygens (including phenoxy) is 1. The van der Waals surface area contributed by atoms with E-state index in [0.29, 0.717) is 6.42 Å². The van der Waals surface area contributed by atoms with E-state index < -0.39 is 0 Å². The average molecular weight is 360 g/mol. The van der Waals surface area contributed by atoms with Crippen LogP contribution in [-0.4, -0.2) is 39.2 Å². The maximum atomic E-state index is 11.1. The predicted octanol–water partition coefficient (Wildman–Crippen LogP) is 3.40. The molecule has 0 radical (unpaired) electrons. The van der Waals surface area contributed by atoms with Crippen molar-refractivity contribution in [3.63, 3.8) is 0 Å². The van der Waals surface area contributed by atoms with Crippen LogP contribution in [0.4, 0.5) is 0 Å². The molecule has 144 valence electrons. The normalized spacial score (nSPS) is 15.8. The van der Waals surface area contributed by atoms with Crippen LogP contribution in [0.15, 0.2) is 35.3 Å². The number of hydrogen-bond acceptors (Lipinski definition) is 3. The van der Waals surface area contributed by atoms with Gasteiger partial charge in [-0.15, -0.1) is 0 Å². The van der Waals surface area contributed by atoms with Gasteiger partial charge in [0.05, 0.1) is 7.11 Å². The fourth-order valence-electron chi connectivity index (χ4n) is 3.49. The highest BCUT2D eigenvalue weighted by atomic mass is 16.5. The Kier molecular flexibility index (Phi) is 8.45. The van der Waals surface area contributed by atoms with Crippen LogP contribution in [0.5, 0.6) is 0 Å². The minimum atomic E-state index is -0.115. The molecule has 0 saturated heterocycles. The van der Waals surface area contributed by atoms with E-state index >= 15 is 0 Å². The summed E-state index contributed by atoms with van der Waals surface area (Å²) in [5.74, 6) is 0.762. The molecule has 0 spiro atoms. The third kappa shape index (κ3) is 6.04. The summed E-state index contributed by atoms with van der Waals surface area (Å²) in [6.07, 6.45) is 8.44. The smallest absolute Gasteiger partial charge is 0.305 e. The van der Waals surface area contributed by atoms with Crippen LogP contribution in [0.2, 0.25) is 0 Å². The van der Waals surface area contributed by atoms with Crippen molar-refractivity contribution >= 4 is 11.9 Å². The van der Waals surface area contributed by atoms with Crippen molar-refractivity contribution < 1.29 is 9.53 Å². The molecule has 0 bridgehead atoms. The first kappa shape index (κ1) is 20.3. The van der Waals surface area contributed by atoms with E-state index in [0.717, 1.165) is 44.7 Å². The van der Waals surface area contributed by atoms with Gasteiger partial charge in [-0.2, -0.15) is 0 Å². The van der Waals surface area contributed by atoms with Gasteiger partial charge in [-0.1, -0.05) is 49.6 Å². The lowest BCUT2D eigenvalue weighted by molar-refractivity contribution is -0.140. The highest BCUT2D eigenvalue weighted by Crippen LogP contribution is 2.43. The van der Waals surface area contributed by atoms with Gasteiger partial charge in [-0.25, -0.2) is 0 Å². The van der Waals surface area contributed by atoms with E-state index in [1.807, 2.05) is 7.05 Å². The molecule has 0 amide bonds.